The van der Waals surface area contributed by atoms with Crippen LogP contribution in [-0.2, 0) is 22.6 Å². The Kier molecular flexibility index (Phi) is 5.60. The molecule has 2 heterocycles. The van der Waals surface area contributed by atoms with Crippen molar-refractivity contribution >= 4 is 34.8 Å². The summed E-state index contributed by atoms with van der Waals surface area (Å²) >= 11 is 7.58. The lowest BCUT2D eigenvalue weighted by molar-refractivity contribution is -0.143. The summed E-state index contributed by atoms with van der Waals surface area (Å²) in [6.45, 7) is 3.87. The molecule has 0 saturated carbocycles. The van der Waals surface area contributed by atoms with Crippen LogP contribution in [0.25, 0.3) is 0 Å². The van der Waals surface area contributed by atoms with Crippen molar-refractivity contribution in [3.8, 4) is 0 Å². The van der Waals surface area contributed by atoms with E-state index in [1.165, 1.54) is 4.88 Å². The quantitative estimate of drug-likeness (QED) is 0.751. The molecule has 0 aliphatic carbocycles. The van der Waals surface area contributed by atoms with Gasteiger partial charge in [-0.15, -0.1) is 11.3 Å². The van der Waals surface area contributed by atoms with Crippen molar-refractivity contribution in [2.45, 2.75) is 19.9 Å². The molecule has 0 unspecified atom stereocenters. The van der Waals surface area contributed by atoms with Crippen LogP contribution in [0.15, 0.2) is 29.8 Å². The number of amides is 2. The number of carbonyl (C=O) groups excluding carboxylic acids is 2. The number of aromatic nitrogens is 1. The summed E-state index contributed by atoms with van der Waals surface area (Å²) in [5.74, 6) is -0.681. The molecular formula is C18H21ClN4O2S. The standard InChI is InChI=1S/C18H21ClN4O2S/c1-12-15(26-11-22-12)8-23-9-18(10-23,17(25)21-7-16(20)24)6-13-2-4-14(19)5-3-13/h2-5,11H,6-10H2,1H3,(H2,20,24)(H,21,25). The number of rotatable bonds is 7. The van der Waals surface area contributed by atoms with Gasteiger partial charge in [0.2, 0.25) is 11.8 Å². The lowest BCUT2D eigenvalue weighted by Gasteiger charge is -2.49. The van der Waals surface area contributed by atoms with E-state index in [-0.39, 0.29) is 12.5 Å². The first kappa shape index (κ1) is 18.8. The average Bonchev–Trinajstić information content (AvgIpc) is 2.97. The number of halogens is 1. The van der Waals surface area contributed by atoms with Crippen LogP contribution in [0.3, 0.4) is 0 Å². The maximum atomic E-state index is 12.8. The number of nitrogens with zero attached hydrogens (tertiary/aromatic N) is 2. The largest absolute Gasteiger partial charge is 0.368 e. The molecule has 2 amide bonds. The Morgan fingerprint density at radius 3 is 2.62 bits per heavy atom. The van der Waals surface area contributed by atoms with Gasteiger partial charge in [-0.25, -0.2) is 4.98 Å². The smallest absolute Gasteiger partial charge is 0.236 e. The van der Waals surface area contributed by atoms with Gasteiger partial charge in [-0.3, -0.25) is 14.5 Å². The van der Waals surface area contributed by atoms with Crippen molar-refractivity contribution in [2.75, 3.05) is 19.6 Å². The monoisotopic (exact) mass is 392 g/mol. The van der Waals surface area contributed by atoms with Crippen molar-refractivity contribution in [1.29, 1.82) is 0 Å². The molecule has 1 aliphatic heterocycles. The van der Waals surface area contributed by atoms with E-state index in [9.17, 15) is 9.59 Å². The molecule has 0 spiro atoms. The van der Waals surface area contributed by atoms with Gasteiger partial charge in [0.1, 0.15) is 0 Å². The van der Waals surface area contributed by atoms with E-state index in [0.29, 0.717) is 24.5 Å². The van der Waals surface area contributed by atoms with E-state index >= 15 is 0 Å². The number of nitrogens with one attached hydrogen (secondary N) is 1. The van der Waals surface area contributed by atoms with Crippen molar-refractivity contribution < 1.29 is 9.59 Å². The molecule has 1 aromatic heterocycles. The third-order valence-electron chi connectivity index (χ3n) is 4.63. The number of likely N-dealkylation sites (tertiary alicyclic amines) is 1. The molecule has 0 radical (unpaired) electrons. The molecule has 1 fully saturated rings. The van der Waals surface area contributed by atoms with Gasteiger partial charge in [-0.1, -0.05) is 23.7 Å². The lowest BCUT2D eigenvalue weighted by Crippen LogP contribution is -2.64. The van der Waals surface area contributed by atoms with E-state index in [4.69, 9.17) is 17.3 Å². The minimum absolute atomic E-state index is 0.136. The second-order valence-electron chi connectivity index (χ2n) is 6.74. The maximum absolute atomic E-state index is 12.8. The van der Waals surface area contributed by atoms with Crippen LogP contribution in [0.2, 0.25) is 5.02 Å². The normalized spacial score (nSPS) is 16.1. The molecule has 0 atom stereocenters. The van der Waals surface area contributed by atoms with Crippen LogP contribution in [-0.4, -0.2) is 41.3 Å². The Morgan fingerprint density at radius 2 is 2.04 bits per heavy atom. The van der Waals surface area contributed by atoms with Crippen molar-refractivity contribution in [3.05, 3.63) is 50.9 Å². The van der Waals surface area contributed by atoms with Crippen LogP contribution in [0.4, 0.5) is 0 Å². The van der Waals surface area contributed by atoms with Crippen LogP contribution >= 0.6 is 22.9 Å². The molecule has 1 aliphatic rings. The van der Waals surface area contributed by atoms with Gasteiger partial charge in [0.05, 0.1) is 23.2 Å². The Bertz CT molecular complexity index is 800. The minimum Gasteiger partial charge on any atom is -0.368 e. The molecule has 138 valence electrons. The molecule has 8 heteroatoms. The Hall–Kier alpha value is -1.96. The number of primary amides is 1. The highest BCUT2D eigenvalue weighted by Crippen LogP contribution is 2.36. The van der Waals surface area contributed by atoms with Crippen LogP contribution < -0.4 is 11.1 Å². The van der Waals surface area contributed by atoms with Gasteiger partial charge in [-0.05, 0) is 31.0 Å². The average molecular weight is 393 g/mol. The third-order valence-corrected chi connectivity index (χ3v) is 5.80. The maximum Gasteiger partial charge on any atom is 0.236 e. The van der Waals surface area contributed by atoms with E-state index in [0.717, 1.165) is 17.8 Å². The van der Waals surface area contributed by atoms with Crippen LogP contribution in [0.1, 0.15) is 16.1 Å². The highest BCUT2D eigenvalue weighted by atomic mass is 35.5. The van der Waals surface area contributed by atoms with Gasteiger partial charge in [0, 0.05) is 29.5 Å². The SMILES string of the molecule is Cc1ncsc1CN1CC(Cc2ccc(Cl)cc2)(C(=O)NCC(N)=O)C1. The highest BCUT2D eigenvalue weighted by molar-refractivity contribution is 7.09. The fourth-order valence-electron chi connectivity index (χ4n) is 3.29. The summed E-state index contributed by atoms with van der Waals surface area (Å²) in [5.41, 5.74) is 8.50. The van der Waals surface area contributed by atoms with E-state index in [1.54, 1.807) is 11.3 Å². The summed E-state index contributed by atoms with van der Waals surface area (Å²) in [6, 6.07) is 7.51. The molecular weight excluding hydrogens is 372 g/mol. The Morgan fingerprint density at radius 1 is 1.35 bits per heavy atom. The second-order valence-corrected chi connectivity index (χ2v) is 8.11. The highest BCUT2D eigenvalue weighted by Gasteiger charge is 2.49. The zero-order valence-corrected chi connectivity index (χ0v) is 16.1. The second kappa shape index (κ2) is 7.73. The summed E-state index contributed by atoms with van der Waals surface area (Å²) in [4.78, 5) is 31.5. The molecule has 26 heavy (non-hydrogen) atoms. The predicted molar refractivity (Wildman–Crippen MR) is 102 cm³/mol. The minimum atomic E-state index is -0.568. The van der Waals surface area contributed by atoms with Gasteiger partial charge in [0.25, 0.3) is 0 Å². The number of thiazole rings is 1. The summed E-state index contributed by atoms with van der Waals surface area (Å²) in [6.07, 6.45) is 0.590. The van der Waals surface area contributed by atoms with Gasteiger partial charge < -0.3 is 11.1 Å². The third kappa shape index (κ3) is 4.23. The van der Waals surface area contributed by atoms with Crippen molar-refractivity contribution in [2.24, 2.45) is 11.1 Å². The molecule has 3 rings (SSSR count). The summed E-state index contributed by atoms with van der Waals surface area (Å²) in [5, 5.41) is 3.34. The first-order valence-corrected chi connectivity index (χ1v) is 9.56. The van der Waals surface area contributed by atoms with E-state index < -0.39 is 11.3 Å². The number of hydrogen-bond donors (Lipinski definition) is 2. The zero-order valence-electron chi connectivity index (χ0n) is 14.5. The molecule has 1 aromatic carbocycles. The molecule has 0 bridgehead atoms. The number of hydrogen-bond acceptors (Lipinski definition) is 5. The first-order chi connectivity index (χ1) is 12.4. The fourth-order valence-corrected chi connectivity index (χ4v) is 4.23. The topological polar surface area (TPSA) is 88.3 Å². The van der Waals surface area contributed by atoms with Crippen LogP contribution in [0.5, 0.6) is 0 Å². The van der Waals surface area contributed by atoms with E-state index in [2.05, 4.69) is 15.2 Å². The van der Waals surface area contributed by atoms with Crippen molar-refractivity contribution in [3.63, 3.8) is 0 Å². The molecule has 6 nitrogen and oxygen atoms in total. The van der Waals surface area contributed by atoms with Gasteiger partial charge >= 0.3 is 0 Å². The zero-order chi connectivity index (χ0) is 18.7. The van der Waals surface area contributed by atoms with E-state index in [1.807, 2.05) is 36.7 Å². The van der Waals surface area contributed by atoms with Crippen molar-refractivity contribution in [1.82, 2.24) is 15.2 Å². The summed E-state index contributed by atoms with van der Waals surface area (Å²) in [7, 11) is 0. The predicted octanol–water partition coefficient (Wildman–Crippen LogP) is 1.75. The molecule has 2 aromatic rings. The molecule has 1 saturated heterocycles. The Labute approximate surface area is 161 Å². The Balaban J connectivity index is 1.71. The number of benzene rings is 1. The number of nitrogens with two attached hydrogens (primary N) is 1. The molecule has 3 N–H and O–H groups in total. The fraction of sp³-hybridized carbons (Fsp3) is 0.389. The first-order valence-electron chi connectivity index (χ1n) is 8.30. The number of aryl methyl sites for hydroxylation is 1. The lowest BCUT2D eigenvalue weighted by atomic mass is 9.73. The van der Waals surface area contributed by atoms with Gasteiger partial charge in [-0.2, -0.15) is 0 Å². The number of carbonyl (C=O) groups is 2. The van der Waals surface area contributed by atoms with Gasteiger partial charge in [0.15, 0.2) is 0 Å². The van der Waals surface area contributed by atoms with Crippen LogP contribution in [0, 0.1) is 12.3 Å². The summed E-state index contributed by atoms with van der Waals surface area (Å²) < 4.78 is 0.